The molecular formula is C17H18ClNO2. The van der Waals surface area contributed by atoms with Crippen molar-refractivity contribution in [3.05, 3.63) is 64.7 Å². The van der Waals surface area contributed by atoms with Crippen molar-refractivity contribution < 1.29 is 9.84 Å². The van der Waals surface area contributed by atoms with Crippen molar-refractivity contribution in [3.8, 4) is 5.75 Å². The van der Waals surface area contributed by atoms with E-state index in [0.717, 1.165) is 25.2 Å². The predicted octanol–water partition coefficient (Wildman–Crippen LogP) is 3.62. The van der Waals surface area contributed by atoms with Crippen LogP contribution in [0.15, 0.2) is 48.5 Å². The van der Waals surface area contributed by atoms with Crippen LogP contribution in [0.2, 0.25) is 5.02 Å². The number of aromatic hydroxyl groups is 1. The summed E-state index contributed by atoms with van der Waals surface area (Å²) in [7, 11) is 0. The molecule has 2 aromatic carbocycles. The molecule has 0 spiro atoms. The maximum absolute atomic E-state index is 9.45. The van der Waals surface area contributed by atoms with Crippen LogP contribution in [0.25, 0.3) is 0 Å². The molecule has 3 nitrogen and oxygen atoms in total. The van der Waals surface area contributed by atoms with Gasteiger partial charge in [-0.05, 0) is 17.7 Å². The molecule has 21 heavy (non-hydrogen) atoms. The second-order valence-corrected chi connectivity index (χ2v) is 5.69. The fourth-order valence-electron chi connectivity index (χ4n) is 2.65. The number of rotatable bonds is 3. The van der Waals surface area contributed by atoms with E-state index in [1.165, 1.54) is 5.56 Å². The molecule has 1 heterocycles. The van der Waals surface area contributed by atoms with Crippen LogP contribution in [0.5, 0.6) is 5.75 Å². The van der Waals surface area contributed by atoms with Gasteiger partial charge in [-0.15, -0.1) is 0 Å². The van der Waals surface area contributed by atoms with Gasteiger partial charge >= 0.3 is 0 Å². The Balaban J connectivity index is 1.71. The molecule has 1 unspecified atom stereocenters. The normalized spacial score (nSPS) is 19.6. The molecular weight excluding hydrogens is 286 g/mol. The molecule has 110 valence electrons. The van der Waals surface area contributed by atoms with Crippen molar-refractivity contribution >= 4 is 11.6 Å². The molecule has 1 saturated heterocycles. The van der Waals surface area contributed by atoms with Crippen LogP contribution in [-0.2, 0) is 11.3 Å². The van der Waals surface area contributed by atoms with Gasteiger partial charge in [-0.25, -0.2) is 0 Å². The summed E-state index contributed by atoms with van der Waals surface area (Å²) < 4.78 is 5.84. The molecule has 4 heteroatoms. The molecule has 1 aliphatic rings. The fraction of sp³-hybridized carbons (Fsp3) is 0.294. The van der Waals surface area contributed by atoms with E-state index in [9.17, 15) is 5.11 Å². The zero-order chi connectivity index (χ0) is 14.7. The summed E-state index contributed by atoms with van der Waals surface area (Å²) in [6.45, 7) is 3.32. The Kier molecular flexibility index (Phi) is 4.44. The molecule has 0 aliphatic carbocycles. The lowest BCUT2D eigenvalue weighted by molar-refractivity contribution is -0.0328. The van der Waals surface area contributed by atoms with E-state index < -0.39 is 0 Å². The van der Waals surface area contributed by atoms with E-state index in [4.69, 9.17) is 16.3 Å². The third-order valence-electron chi connectivity index (χ3n) is 3.73. The molecule has 0 aromatic heterocycles. The van der Waals surface area contributed by atoms with Gasteiger partial charge in [0.2, 0.25) is 0 Å². The van der Waals surface area contributed by atoms with Crippen molar-refractivity contribution in [1.29, 1.82) is 0 Å². The number of hydrogen-bond donors (Lipinski definition) is 1. The number of ether oxygens (including phenoxy) is 1. The lowest BCUT2D eigenvalue weighted by atomic mass is 10.1. The first kappa shape index (κ1) is 14.4. The highest BCUT2D eigenvalue weighted by atomic mass is 35.5. The number of nitrogens with zero attached hydrogens (tertiary/aromatic N) is 1. The molecule has 0 radical (unpaired) electrons. The highest BCUT2D eigenvalue weighted by Crippen LogP contribution is 2.31. The molecule has 1 aliphatic heterocycles. The second-order valence-electron chi connectivity index (χ2n) is 5.29. The maximum Gasteiger partial charge on any atom is 0.117 e. The lowest BCUT2D eigenvalue weighted by Gasteiger charge is -2.33. The van der Waals surface area contributed by atoms with Crippen molar-refractivity contribution in [2.45, 2.75) is 12.6 Å². The highest BCUT2D eigenvalue weighted by Gasteiger charge is 2.23. The molecule has 1 atom stereocenters. The zero-order valence-corrected chi connectivity index (χ0v) is 12.5. The second kappa shape index (κ2) is 6.48. The van der Waals surface area contributed by atoms with Crippen molar-refractivity contribution in [1.82, 2.24) is 4.90 Å². The van der Waals surface area contributed by atoms with Gasteiger partial charge in [-0.2, -0.15) is 0 Å². The van der Waals surface area contributed by atoms with Gasteiger partial charge in [0.05, 0.1) is 17.7 Å². The summed E-state index contributed by atoms with van der Waals surface area (Å²) in [6, 6.07) is 15.5. The number of phenols is 1. The van der Waals surface area contributed by atoms with E-state index in [1.54, 1.807) is 12.1 Å². The maximum atomic E-state index is 9.45. The molecule has 3 rings (SSSR count). The van der Waals surface area contributed by atoms with Gasteiger partial charge in [-0.1, -0.05) is 48.0 Å². The minimum absolute atomic E-state index is 0.0458. The van der Waals surface area contributed by atoms with E-state index in [1.807, 2.05) is 12.1 Å². The van der Waals surface area contributed by atoms with Crippen LogP contribution in [0.4, 0.5) is 0 Å². The number of morpholine rings is 1. The Morgan fingerprint density at radius 3 is 2.76 bits per heavy atom. The summed E-state index contributed by atoms with van der Waals surface area (Å²) in [4.78, 5) is 2.37. The first-order valence-corrected chi connectivity index (χ1v) is 7.46. The predicted molar refractivity (Wildman–Crippen MR) is 83.5 cm³/mol. The van der Waals surface area contributed by atoms with E-state index in [0.29, 0.717) is 11.6 Å². The minimum Gasteiger partial charge on any atom is -0.508 e. The number of halogens is 1. The Morgan fingerprint density at radius 1 is 1.19 bits per heavy atom. The topological polar surface area (TPSA) is 32.7 Å². The molecule has 1 fully saturated rings. The highest BCUT2D eigenvalue weighted by molar-refractivity contribution is 6.31. The van der Waals surface area contributed by atoms with Crippen molar-refractivity contribution in [2.24, 2.45) is 0 Å². The third-order valence-corrected chi connectivity index (χ3v) is 4.06. The molecule has 2 aromatic rings. The van der Waals surface area contributed by atoms with Gasteiger partial charge in [0.25, 0.3) is 0 Å². The molecule has 0 amide bonds. The quantitative estimate of drug-likeness (QED) is 0.940. The Labute approximate surface area is 129 Å². The Morgan fingerprint density at radius 2 is 2.00 bits per heavy atom. The number of phenolic OH excluding ortho intramolecular Hbond substituents is 1. The van der Waals surface area contributed by atoms with Crippen LogP contribution < -0.4 is 0 Å². The number of hydrogen-bond acceptors (Lipinski definition) is 3. The Bertz CT molecular complexity index is 603. The smallest absolute Gasteiger partial charge is 0.117 e. The monoisotopic (exact) mass is 303 g/mol. The van der Waals surface area contributed by atoms with Crippen molar-refractivity contribution in [2.75, 3.05) is 19.7 Å². The van der Waals surface area contributed by atoms with Gasteiger partial charge in [0, 0.05) is 25.2 Å². The summed E-state index contributed by atoms with van der Waals surface area (Å²) in [5.74, 6) is 0.181. The largest absolute Gasteiger partial charge is 0.508 e. The van der Waals surface area contributed by atoms with Gasteiger partial charge in [0.15, 0.2) is 0 Å². The summed E-state index contributed by atoms with van der Waals surface area (Å²) in [5, 5.41) is 10.0. The third kappa shape index (κ3) is 3.56. The lowest BCUT2D eigenvalue weighted by Crippen LogP contribution is -2.37. The average molecular weight is 304 g/mol. The molecule has 0 saturated carbocycles. The Hall–Kier alpha value is -1.55. The zero-order valence-electron chi connectivity index (χ0n) is 11.7. The number of benzene rings is 2. The minimum atomic E-state index is -0.0458. The summed E-state index contributed by atoms with van der Waals surface area (Å²) in [6.07, 6.45) is -0.0458. The fourth-order valence-corrected chi connectivity index (χ4v) is 2.95. The SMILES string of the molecule is Oc1ccc(C2CN(Cc3ccccc3)CCO2)c(Cl)c1. The van der Waals surface area contributed by atoms with Crippen LogP contribution >= 0.6 is 11.6 Å². The molecule has 1 N–H and O–H groups in total. The van der Waals surface area contributed by atoms with Crippen LogP contribution in [0, 0.1) is 0 Å². The van der Waals surface area contributed by atoms with Crippen LogP contribution in [0.3, 0.4) is 0 Å². The van der Waals surface area contributed by atoms with Crippen molar-refractivity contribution in [3.63, 3.8) is 0 Å². The first-order chi connectivity index (χ1) is 10.2. The van der Waals surface area contributed by atoms with Crippen LogP contribution in [0.1, 0.15) is 17.2 Å². The van der Waals surface area contributed by atoms with Gasteiger partial charge < -0.3 is 9.84 Å². The van der Waals surface area contributed by atoms with E-state index >= 15 is 0 Å². The summed E-state index contributed by atoms with van der Waals surface area (Å²) >= 11 is 6.21. The van der Waals surface area contributed by atoms with Gasteiger partial charge in [0.1, 0.15) is 5.75 Å². The van der Waals surface area contributed by atoms with E-state index in [-0.39, 0.29) is 11.9 Å². The first-order valence-electron chi connectivity index (χ1n) is 7.08. The standard InChI is InChI=1S/C17H18ClNO2/c18-16-10-14(20)6-7-15(16)17-12-19(8-9-21-17)11-13-4-2-1-3-5-13/h1-7,10,17,20H,8-9,11-12H2. The molecule has 0 bridgehead atoms. The summed E-state index contributed by atoms with van der Waals surface area (Å²) in [5.41, 5.74) is 2.24. The van der Waals surface area contributed by atoms with Gasteiger partial charge in [-0.3, -0.25) is 4.90 Å². The van der Waals surface area contributed by atoms with Crippen LogP contribution in [-0.4, -0.2) is 29.7 Å². The van der Waals surface area contributed by atoms with E-state index in [2.05, 4.69) is 29.2 Å². The average Bonchev–Trinajstić information content (AvgIpc) is 2.48.